The topological polar surface area (TPSA) is 41.6 Å². The summed E-state index contributed by atoms with van der Waals surface area (Å²) in [6, 6.07) is 12.1. The van der Waals surface area contributed by atoms with Crippen LogP contribution in [0.1, 0.15) is 11.1 Å². The molecule has 2 aromatic carbocycles. The number of hydrogen-bond acceptors (Lipinski definition) is 3. The number of rotatable bonds is 6. The Labute approximate surface area is 135 Å². The van der Waals surface area contributed by atoms with Crippen LogP contribution in [-0.4, -0.2) is 31.5 Å². The van der Waals surface area contributed by atoms with Crippen LogP contribution in [0.2, 0.25) is 0 Å². The smallest absolute Gasteiger partial charge is 0.238 e. The number of amides is 1. The zero-order valence-corrected chi connectivity index (χ0v) is 13.6. The van der Waals surface area contributed by atoms with Crippen molar-refractivity contribution in [2.45, 2.75) is 13.5 Å². The van der Waals surface area contributed by atoms with Gasteiger partial charge >= 0.3 is 0 Å². The van der Waals surface area contributed by atoms with E-state index in [9.17, 15) is 9.18 Å². The second-order valence-corrected chi connectivity index (χ2v) is 5.53. The standard InChI is InChI=1S/C18H21FN2O2/c1-13-4-7-15(19)10-17(13)20-18(22)12-21(2)11-14-5-8-16(23-3)9-6-14/h4-10H,11-12H2,1-3H3,(H,20,22). The monoisotopic (exact) mass is 316 g/mol. The van der Waals surface area contributed by atoms with E-state index in [0.717, 1.165) is 16.9 Å². The van der Waals surface area contributed by atoms with E-state index in [0.29, 0.717) is 12.2 Å². The zero-order valence-electron chi connectivity index (χ0n) is 13.6. The van der Waals surface area contributed by atoms with Gasteiger partial charge in [-0.05, 0) is 49.4 Å². The van der Waals surface area contributed by atoms with Crippen molar-refractivity contribution in [2.75, 3.05) is 26.0 Å². The summed E-state index contributed by atoms with van der Waals surface area (Å²) in [5.41, 5.74) is 2.42. The van der Waals surface area contributed by atoms with Crippen LogP contribution in [0, 0.1) is 12.7 Å². The first-order valence-electron chi connectivity index (χ1n) is 7.35. The van der Waals surface area contributed by atoms with Gasteiger partial charge in [-0.1, -0.05) is 18.2 Å². The van der Waals surface area contributed by atoms with Crippen LogP contribution < -0.4 is 10.1 Å². The van der Waals surface area contributed by atoms with Gasteiger partial charge in [0, 0.05) is 12.2 Å². The number of anilines is 1. The highest BCUT2D eigenvalue weighted by Crippen LogP contribution is 2.16. The summed E-state index contributed by atoms with van der Waals surface area (Å²) in [7, 11) is 3.49. The number of likely N-dealkylation sites (N-methyl/N-ethyl adjacent to an activating group) is 1. The molecule has 0 aliphatic carbocycles. The van der Waals surface area contributed by atoms with Crippen molar-refractivity contribution in [3.8, 4) is 5.75 Å². The Morgan fingerprint density at radius 2 is 1.91 bits per heavy atom. The number of aryl methyl sites for hydroxylation is 1. The zero-order chi connectivity index (χ0) is 16.8. The van der Waals surface area contributed by atoms with Crippen molar-refractivity contribution in [3.05, 3.63) is 59.4 Å². The lowest BCUT2D eigenvalue weighted by atomic mass is 10.2. The fourth-order valence-corrected chi connectivity index (χ4v) is 2.26. The predicted molar refractivity (Wildman–Crippen MR) is 89.1 cm³/mol. The lowest BCUT2D eigenvalue weighted by Gasteiger charge is -2.17. The molecular weight excluding hydrogens is 295 g/mol. The first-order valence-corrected chi connectivity index (χ1v) is 7.35. The molecule has 0 fully saturated rings. The van der Waals surface area contributed by atoms with Gasteiger partial charge < -0.3 is 10.1 Å². The molecule has 2 aromatic rings. The van der Waals surface area contributed by atoms with Gasteiger partial charge in [0.2, 0.25) is 5.91 Å². The molecule has 2 rings (SSSR count). The Bertz CT molecular complexity index is 671. The molecule has 0 aliphatic rings. The number of hydrogen-bond donors (Lipinski definition) is 1. The summed E-state index contributed by atoms with van der Waals surface area (Å²) in [4.78, 5) is 14.0. The maximum atomic E-state index is 13.2. The number of methoxy groups -OCH3 is 1. The van der Waals surface area contributed by atoms with Crippen molar-refractivity contribution < 1.29 is 13.9 Å². The second kappa shape index (κ2) is 7.74. The molecule has 5 heteroatoms. The molecule has 0 heterocycles. The van der Waals surface area contributed by atoms with Crippen LogP contribution in [0.3, 0.4) is 0 Å². The minimum Gasteiger partial charge on any atom is -0.497 e. The average Bonchev–Trinajstić information content (AvgIpc) is 2.51. The fourth-order valence-electron chi connectivity index (χ4n) is 2.26. The lowest BCUT2D eigenvalue weighted by Crippen LogP contribution is -2.30. The van der Waals surface area contributed by atoms with Crippen LogP contribution in [0.15, 0.2) is 42.5 Å². The molecular formula is C18H21FN2O2. The third-order valence-electron chi connectivity index (χ3n) is 3.50. The average molecular weight is 316 g/mol. The molecule has 0 spiro atoms. The van der Waals surface area contributed by atoms with Crippen molar-refractivity contribution in [1.82, 2.24) is 4.90 Å². The molecule has 1 N–H and O–H groups in total. The van der Waals surface area contributed by atoms with E-state index in [1.54, 1.807) is 13.2 Å². The minimum atomic E-state index is -0.363. The number of carbonyl (C=O) groups is 1. The molecule has 0 bridgehead atoms. The largest absolute Gasteiger partial charge is 0.497 e. The first-order chi connectivity index (χ1) is 11.0. The highest BCUT2D eigenvalue weighted by atomic mass is 19.1. The summed E-state index contributed by atoms with van der Waals surface area (Å²) in [6.45, 7) is 2.69. The molecule has 0 unspecified atom stereocenters. The highest BCUT2D eigenvalue weighted by Gasteiger charge is 2.09. The maximum absolute atomic E-state index is 13.2. The molecule has 0 radical (unpaired) electrons. The van der Waals surface area contributed by atoms with Crippen molar-refractivity contribution in [1.29, 1.82) is 0 Å². The van der Waals surface area contributed by atoms with Gasteiger partial charge in [-0.3, -0.25) is 9.69 Å². The number of carbonyl (C=O) groups excluding carboxylic acids is 1. The maximum Gasteiger partial charge on any atom is 0.238 e. The van der Waals surface area contributed by atoms with Crippen molar-refractivity contribution in [2.24, 2.45) is 0 Å². The Kier molecular flexibility index (Phi) is 5.71. The van der Waals surface area contributed by atoms with Crippen molar-refractivity contribution >= 4 is 11.6 Å². The third kappa shape index (κ3) is 5.07. The number of benzene rings is 2. The number of nitrogens with one attached hydrogen (secondary N) is 1. The molecule has 0 aromatic heterocycles. The molecule has 0 aliphatic heterocycles. The Morgan fingerprint density at radius 1 is 1.22 bits per heavy atom. The van der Waals surface area contributed by atoms with Crippen LogP contribution in [-0.2, 0) is 11.3 Å². The van der Waals surface area contributed by atoms with Gasteiger partial charge in [0.05, 0.1) is 13.7 Å². The second-order valence-electron chi connectivity index (χ2n) is 5.53. The third-order valence-corrected chi connectivity index (χ3v) is 3.50. The van der Waals surface area contributed by atoms with E-state index in [1.807, 2.05) is 43.1 Å². The van der Waals surface area contributed by atoms with E-state index in [1.165, 1.54) is 12.1 Å². The number of ether oxygens (including phenoxy) is 1. The fraction of sp³-hybridized carbons (Fsp3) is 0.278. The summed E-state index contributed by atoms with van der Waals surface area (Å²) >= 11 is 0. The molecule has 1 amide bonds. The van der Waals surface area contributed by atoms with Crippen LogP contribution in [0.25, 0.3) is 0 Å². The molecule has 4 nitrogen and oxygen atoms in total. The number of halogens is 1. The van der Waals surface area contributed by atoms with E-state index in [2.05, 4.69) is 5.32 Å². The van der Waals surface area contributed by atoms with Gasteiger partial charge in [-0.2, -0.15) is 0 Å². The SMILES string of the molecule is COc1ccc(CN(C)CC(=O)Nc2cc(F)ccc2C)cc1. The Hall–Kier alpha value is -2.40. The molecule has 122 valence electrons. The highest BCUT2D eigenvalue weighted by molar-refractivity contribution is 5.92. The van der Waals surface area contributed by atoms with Crippen LogP contribution >= 0.6 is 0 Å². The molecule has 0 saturated heterocycles. The Morgan fingerprint density at radius 3 is 2.57 bits per heavy atom. The van der Waals surface area contributed by atoms with Gasteiger partial charge in [0.15, 0.2) is 0 Å². The Balaban J connectivity index is 1.90. The quantitative estimate of drug-likeness (QED) is 0.890. The van der Waals surface area contributed by atoms with E-state index >= 15 is 0 Å². The number of nitrogens with zero attached hydrogens (tertiary/aromatic N) is 1. The summed E-state index contributed by atoms with van der Waals surface area (Å²) < 4.78 is 18.4. The van der Waals surface area contributed by atoms with Crippen LogP contribution in [0.5, 0.6) is 5.75 Å². The minimum absolute atomic E-state index is 0.172. The van der Waals surface area contributed by atoms with Gasteiger partial charge in [-0.15, -0.1) is 0 Å². The van der Waals surface area contributed by atoms with Gasteiger partial charge in [0.25, 0.3) is 0 Å². The van der Waals surface area contributed by atoms with E-state index in [4.69, 9.17) is 4.74 Å². The summed E-state index contributed by atoms with van der Waals surface area (Å²) in [6.07, 6.45) is 0. The summed E-state index contributed by atoms with van der Waals surface area (Å²) in [5.74, 6) is 0.267. The molecule has 23 heavy (non-hydrogen) atoms. The molecule has 0 atom stereocenters. The lowest BCUT2D eigenvalue weighted by molar-refractivity contribution is -0.117. The van der Waals surface area contributed by atoms with E-state index < -0.39 is 0 Å². The summed E-state index contributed by atoms with van der Waals surface area (Å²) in [5, 5.41) is 2.75. The predicted octanol–water partition coefficient (Wildman–Crippen LogP) is 3.21. The first kappa shape index (κ1) is 17.0. The van der Waals surface area contributed by atoms with Gasteiger partial charge in [0.1, 0.15) is 11.6 Å². The molecule has 0 saturated carbocycles. The van der Waals surface area contributed by atoms with Crippen LogP contribution in [0.4, 0.5) is 10.1 Å². The van der Waals surface area contributed by atoms with E-state index in [-0.39, 0.29) is 18.3 Å². The van der Waals surface area contributed by atoms with Crippen molar-refractivity contribution in [3.63, 3.8) is 0 Å². The normalized spacial score (nSPS) is 10.7. The van der Waals surface area contributed by atoms with Gasteiger partial charge in [-0.25, -0.2) is 4.39 Å².